The lowest BCUT2D eigenvalue weighted by atomic mass is 10.0. The third-order valence-electron chi connectivity index (χ3n) is 11.2. The second-order valence-electron chi connectivity index (χ2n) is 17.8. The van der Waals surface area contributed by atoms with Crippen molar-refractivity contribution >= 4 is 34.4 Å². The maximum Gasteiger partial charge on any atom is 0.164 e. The summed E-state index contributed by atoms with van der Waals surface area (Å²) in [5, 5.41) is 6.91. The zero-order valence-corrected chi connectivity index (χ0v) is 35.6. The molecule has 0 aromatic heterocycles. The number of thiocarbonyl (C=S) groups is 2. The standard InChI is InChI=1S/C40H68N2O10S2/c1-37(2)43-23-27(47-37)31-35-33(49-39(5,6)51-35)25(45-31)21-29(53)41-19-17-15-13-11-9-10-12-14-16-18-20-42-30(54)22-26-34-36(52-40(7,8)50-34)32(46-26)28-24-44-38(3,4)48-28/h25-28,31-36H,9-24H2,1-8H3,(H,41,53)(H,42,54)/t25-,26+,27?,28?,31+,32-,33+,34-,35-,36+. The molecule has 0 radical (unpaired) electrons. The van der Waals surface area contributed by atoms with Gasteiger partial charge < -0.3 is 58.0 Å². The summed E-state index contributed by atoms with van der Waals surface area (Å²) >= 11 is 11.4. The molecule has 0 bridgehead atoms. The van der Waals surface area contributed by atoms with Crippen molar-refractivity contribution in [3.63, 3.8) is 0 Å². The molecule has 0 aromatic carbocycles. The van der Waals surface area contributed by atoms with Gasteiger partial charge in [0.05, 0.1) is 35.4 Å². The fourth-order valence-corrected chi connectivity index (χ4v) is 9.27. The lowest BCUT2D eigenvalue weighted by Gasteiger charge is -2.27. The van der Waals surface area contributed by atoms with Crippen LogP contribution in [-0.4, -0.2) is 120 Å². The molecule has 310 valence electrons. The minimum atomic E-state index is -0.659. The van der Waals surface area contributed by atoms with E-state index in [2.05, 4.69) is 10.6 Å². The topological polar surface area (TPSA) is 116 Å². The first-order valence-electron chi connectivity index (χ1n) is 20.7. The van der Waals surface area contributed by atoms with Crippen molar-refractivity contribution in [3.05, 3.63) is 0 Å². The quantitative estimate of drug-likeness (QED) is 0.111. The van der Waals surface area contributed by atoms with Gasteiger partial charge in [-0.05, 0) is 68.2 Å². The molecule has 0 saturated carbocycles. The average Bonchev–Trinajstić information content (AvgIpc) is 3.90. The Hall–Kier alpha value is -0.620. The number of rotatable bonds is 19. The van der Waals surface area contributed by atoms with E-state index in [1.807, 2.05) is 55.4 Å². The number of hydrogen-bond donors (Lipinski definition) is 2. The fraction of sp³-hybridized carbons (Fsp3) is 0.950. The minimum Gasteiger partial charge on any atom is -0.380 e. The molecule has 6 heterocycles. The molecule has 14 heteroatoms. The van der Waals surface area contributed by atoms with Crippen LogP contribution in [0.2, 0.25) is 0 Å². The van der Waals surface area contributed by atoms with Crippen LogP contribution in [0.25, 0.3) is 0 Å². The van der Waals surface area contributed by atoms with Gasteiger partial charge in [0, 0.05) is 25.9 Å². The van der Waals surface area contributed by atoms with Crippen molar-refractivity contribution in [1.29, 1.82) is 0 Å². The third-order valence-corrected chi connectivity index (χ3v) is 11.8. The molecule has 0 amide bonds. The lowest BCUT2D eigenvalue weighted by Crippen LogP contribution is -2.40. The maximum absolute atomic E-state index is 6.45. The van der Waals surface area contributed by atoms with Crippen LogP contribution in [0.15, 0.2) is 0 Å². The van der Waals surface area contributed by atoms with E-state index in [0.29, 0.717) is 26.1 Å². The summed E-state index contributed by atoms with van der Waals surface area (Å²) in [6.45, 7) is 18.2. The van der Waals surface area contributed by atoms with Crippen molar-refractivity contribution in [2.45, 2.75) is 217 Å². The molecule has 0 spiro atoms. The molecule has 2 N–H and O–H groups in total. The number of unbranched alkanes of at least 4 members (excludes halogenated alkanes) is 9. The highest BCUT2D eigenvalue weighted by molar-refractivity contribution is 7.80. The molecule has 6 rings (SSSR count). The Morgan fingerprint density at radius 3 is 1.11 bits per heavy atom. The van der Waals surface area contributed by atoms with Crippen LogP contribution >= 0.6 is 24.4 Å². The number of nitrogens with one attached hydrogen (secondary N) is 2. The monoisotopic (exact) mass is 800 g/mol. The number of fused-ring (bicyclic) bond motifs is 2. The summed E-state index contributed by atoms with van der Waals surface area (Å²) in [6.07, 6.45) is 11.6. The van der Waals surface area contributed by atoms with Gasteiger partial charge in [0.1, 0.15) is 48.8 Å². The van der Waals surface area contributed by atoms with E-state index >= 15 is 0 Å². The molecule has 10 atom stereocenters. The molecule has 54 heavy (non-hydrogen) atoms. The molecular formula is C40H68N2O10S2. The van der Waals surface area contributed by atoms with E-state index in [1.54, 1.807) is 0 Å². The van der Waals surface area contributed by atoms with Crippen molar-refractivity contribution < 1.29 is 47.4 Å². The molecule has 6 saturated heterocycles. The van der Waals surface area contributed by atoms with Gasteiger partial charge in [-0.15, -0.1) is 0 Å². The van der Waals surface area contributed by atoms with Gasteiger partial charge in [-0.25, -0.2) is 0 Å². The Kier molecular flexibility index (Phi) is 14.4. The van der Waals surface area contributed by atoms with Gasteiger partial charge in [0.15, 0.2) is 23.1 Å². The van der Waals surface area contributed by atoms with E-state index in [-0.39, 0.29) is 61.0 Å². The summed E-state index contributed by atoms with van der Waals surface area (Å²) in [5.74, 6) is -2.56. The second-order valence-corrected chi connectivity index (χ2v) is 18.8. The van der Waals surface area contributed by atoms with Gasteiger partial charge in [0.25, 0.3) is 0 Å². The van der Waals surface area contributed by atoms with Crippen LogP contribution in [-0.2, 0) is 47.4 Å². The van der Waals surface area contributed by atoms with Crippen LogP contribution < -0.4 is 10.6 Å². The number of ether oxygens (including phenoxy) is 10. The summed E-state index contributed by atoms with van der Waals surface area (Å²) in [4.78, 5) is 1.63. The molecule has 2 unspecified atom stereocenters. The lowest BCUT2D eigenvalue weighted by molar-refractivity contribution is -0.206. The smallest absolute Gasteiger partial charge is 0.164 e. The van der Waals surface area contributed by atoms with E-state index in [4.69, 9.17) is 71.8 Å². The van der Waals surface area contributed by atoms with Crippen LogP contribution in [0.5, 0.6) is 0 Å². The maximum atomic E-state index is 6.45. The Bertz CT molecular complexity index is 1170. The molecular weight excluding hydrogens is 733 g/mol. The SMILES string of the molecule is CC1(C)OCC([C@H]2O[C@@H](CC(=S)NCCCCCCCCCCCCNC(=S)C[C@H]3O[C@@H](C4COC(C)(C)O4)[C@H]4OC(C)(C)O[C@H]43)[C@H]3OC(C)(C)O[C@H]32)O1. The van der Waals surface area contributed by atoms with Crippen LogP contribution in [0.3, 0.4) is 0 Å². The molecule has 0 aromatic rings. The Morgan fingerprint density at radius 2 is 0.778 bits per heavy atom. The van der Waals surface area contributed by atoms with Crippen molar-refractivity contribution in [2.75, 3.05) is 26.3 Å². The largest absolute Gasteiger partial charge is 0.380 e. The summed E-state index contributed by atoms with van der Waals surface area (Å²) in [5.41, 5.74) is 0. The summed E-state index contributed by atoms with van der Waals surface area (Å²) < 4.78 is 61.8. The fourth-order valence-electron chi connectivity index (χ4n) is 8.74. The summed E-state index contributed by atoms with van der Waals surface area (Å²) in [6, 6.07) is 0. The first kappa shape index (κ1) is 43.0. The van der Waals surface area contributed by atoms with Crippen LogP contribution in [0, 0.1) is 0 Å². The predicted octanol–water partition coefficient (Wildman–Crippen LogP) is 6.38. The highest BCUT2D eigenvalue weighted by Gasteiger charge is 2.60. The summed E-state index contributed by atoms with van der Waals surface area (Å²) in [7, 11) is 0. The first-order valence-corrected chi connectivity index (χ1v) is 21.5. The van der Waals surface area contributed by atoms with Crippen molar-refractivity contribution in [2.24, 2.45) is 0 Å². The Morgan fingerprint density at radius 1 is 0.444 bits per heavy atom. The average molecular weight is 801 g/mol. The van der Waals surface area contributed by atoms with Gasteiger partial charge in [-0.2, -0.15) is 0 Å². The molecule has 12 nitrogen and oxygen atoms in total. The van der Waals surface area contributed by atoms with Gasteiger partial charge in [-0.1, -0.05) is 75.8 Å². The zero-order chi connectivity index (χ0) is 38.7. The van der Waals surface area contributed by atoms with Crippen molar-refractivity contribution in [3.8, 4) is 0 Å². The normalized spacial score (nSPS) is 37.0. The zero-order valence-electron chi connectivity index (χ0n) is 34.0. The predicted molar refractivity (Wildman–Crippen MR) is 211 cm³/mol. The van der Waals surface area contributed by atoms with E-state index in [0.717, 1.165) is 35.9 Å². The van der Waals surface area contributed by atoms with Crippen LogP contribution in [0.1, 0.15) is 132 Å². The Labute approximate surface area is 334 Å². The van der Waals surface area contributed by atoms with Gasteiger partial charge in [0.2, 0.25) is 0 Å². The molecule has 0 aliphatic carbocycles. The minimum absolute atomic E-state index is 0.172. The van der Waals surface area contributed by atoms with E-state index in [1.165, 1.54) is 51.4 Å². The molecule has 6 fully saturated rings. The Balaban J connectivity index is 0.754. The molecule has 6 aliphatic rings. The van der Waals surface area contributed by atoms with Gasteiger partial charge in [-0.3, -0.25) is 0 Å². The van der Waals surface area contributed by atoms with Gasteiger partial charge >= 0.3 is 0 Å². The molecule has 6 aliphatic heterocycles. The second kappa shape index (κ2) is 18.1. The van der Waals surface area contributed by atoms with E-state index in [9.17, 15) is 0 Å². The highest BCUT2D eigenvalue weighted by Crippen LogP contribution is 2.44. The number of hydrogen-bond acceptors (Lipinski definition) is 12. The highest BCUT2D eigenvalue weighted by atomic mass is 32.1. The first-order chi connectivity index (χ1) is 25.5. The van der Waals surface area contributed by atoms with Crippen molar-refractivity contribution in [1.82, 2.24) is 10.6 Å². The third kappa shape index (κ3) is 11.5. The van der Waals surface area contributed by atoms with E-state index < -0.39 is 23.1 Å². The van der Waals surface area contributed by atoms with Crippen LogP contribution in [0.4, 0.5) is 0 Å².